The third-order valence-corrected chi connectivity index (χ3v) is 3.93. The van der Waals surface area contributed by atoms with Crippen LogP contribution in [0.15, 0.2) is 54.9 Å². The minimum atomic E-state index is 0.593. The van der Waals surface area contributed by atoms with Gasteiger partial charge in [-0.1, -0.05) is 12.1 Å². The highest BCUT2D eigenvalue weighted by atomic mass is 16.5. The van der Waals surface area contributed by atoms with Crippen molar-refractivity contribution in [1.82, 2.24) is 9.97 Å². The van der Waals surface area contributed by atoms with E-state index in [1.54, 1.807) is 21.3 Å². The van der Waals surface area contributed by atoms with Gasteiger partial charge in [0.2, 0.25) is 0 Å². The fourth-order valence-corrected chi connectivity index (χ4v) is 2.55. The molecule has 1 aromatic heterocycles. The van der Waals surface area contributed by atoms with Gasteiger partial charge in [0.15, 0.2) is 11.5 Å². The van der Waals surface area contributed by atoms with Crippen LogP contribution in [0.3, 0.4) is 0 Å². The SMILES string of the molecule is COc1cccc(Nc2cc(NCc3ccc(OC)c(OC)c3)ncn2)c1. The average Bonchev–Trinajstić information content (AvgIpc) is 2.72. The van der Waals surface area contributed by atoms with Gasteiger partial charge in [-0.2, -0.15) is 0 Å². The van der Waals surface area contributed by atoms with E-state index in [4.69, 9.17) is 14.2 Å². The molecule has 27 heavy (non-hydrogen) atoms. The summed E-state index contributed by atoms with van der Waals surface area (Å²) in [6.07, 6.45) is 1.51. The first-order valence-electron chi connectivity index (χ1n) is 8.39. The van der Waals surface area contributed by atoms with Crippen molar-refractivity contribution in [3.63, 3.8) is 0 Å². The van der Waals surface area contributed by atoms with Gasteiger partial charge < -0.3 is 24.8 Å². The molecule has 2 N–H and O–H groups in total. The molecule has 0 spiro atoms. The Morgan fingerprint density at radius 1 is 0.815 bits per heavy atom. The Morgan fingerprint density at radius 2 is 1.63 bits per heavy atom. The van der Waals surface area contributed by atoms with Gasteiger partial charge >= 0.3 is 0 Å². The number of anilines is 3. The van der Waals surface area contributed by atoms with E-state index < -0.39 is 0 Å². The molecular formula is C20H22N4O3. The minimum Gasteiger partial charge on any atom is -0.497 e. The van der Waals surface area contributed by atoms with Gasteiger partial charge in [-0.05, 0) is 29.8 Å². The largest absolute Gasteiger partial charge is 0.497 e. The van der Waals surface area contributed by atoms with Crippen molar-refractivity contribution < 1.29 is 14.2 Å². The van der Waals surface area contributed by atoms with E-state index in [2.05, 4.69) is 20.6 Å². The lowest BCUT2D eigenvalue weighted by Gasteiger charge is -2.11. The van der Waals surface area contributed by atoms with Gasteiger partial charge in [0.1, 0.15) is 23.7 Å². The van der Waals surface area contributed by atoms with Crippen LogP contribution in [0.1, 0.15) is 5.56 Å². The first-order chi connectivity index (χ1) is 13.2. The van der Waals surface area contributed by atoms with Crippen LogP contribution in [-0.4, -0.2) is 31.3 Å². The Labute approximate surface area is 158 Å². The van der Waals surface area contributed by atoms with E-state index in [0.717, 1.165) is 17.0 Å². The zero-order chi connectivity index (χ0) is 19.1. The second-order valence-electron chi connectivity index (χ2n) is 5.69. The Kier molecular flexibility index (Phi) is 5.94. The number of nitrogens with zero attached hydrogens (tertiary/aromatic N) is 2. The van der Waals surface area contributed by atoms with Crippen molar-refractivity contribution >= 4 is 17.3 Å². The van der Waals surface area contributed by atoms with Crippen molar-refractivity contribution in [2.75, 3.05) is 32.0 Å². The van der Waals surface area contributed by atoms with Gasteiger partial charge in [0, 0.05) is 24.4 Å². The van der Waals surface area contributed by atoms with Crippen molar-refractivity contribution in [2.24, 2.45) is 0 Å². The quantitative estimate of drug-likeness (QED) is 0.627. The fraction of sp³-hybridized carbons (Fsp3) is 0.200. The number of benzene rings is 2. The maximum atomic E-state index is 5.33. The highest BCUT2D eigenvalue weighted by Crippen LogP contribution is 2.28. The zero-order valence-electron chi connectivity index (χ0n) is 15.5. The van der Waals surface area contributed by atoms with Crippen molar-refractivity contribution in [3.8, 4) is 17.2 Å². The second-order valence-corrected chi connectivity index (χ2v) is 5.69. The number of aromatic nitrogens is 2. The molecule has 0 saturated heterocycles. The lowest BCUT2D eigenvalue weighted by atomic mass is 10.2. The number of rotatable bonds is 8. The monoisotopic (exact) mass is 366 g/mol. The maximum absolute atomic E-state index is 5.33. The van der Waals surface area contributed by atoms with E-state index in [0.29, 0.717) is 29.7 Å². The molecule has 0 aliphatic rings. The lowest BCUT2D eigenvalue weighted by molar-refractivity contribution is 0.354. The predicted molar refractivity (Wildman–Crippen MR) is 105 cm³/mol. The van der Waals surface area contributed by atoms with Crippen molar-refractivity contribution in [3.05, 3.63) is 60.4 Å². The molecule has 0 aliphatic heterocycles. The molecule has 7 nitrogen and oxygen atoms in total. The first-order valence-corrected chi connectivity index (χ1v) is 8.39. The molecule has 0 aliphatic carbocycles. The molecule has 0 atom stereocenters. The molecule has 3 aromatic rings. The first kappa shape index (κ1) is 18.3. The van der Waals surface area contributed by atoms with Crippen LogP contribution >= 0.6 is 0 Å². The minimum absolute atomic E-state index is 0.593. The van der Waals surface area contributed by atoms with E-state index in [1.807, 2.05) is 48.5 Å². The van der Waals surface area contributed by atoms with Crippen LogP contribution < -0.4 is 24.8 Å². The molecule has 1 heterocycles. The van der Waals surface area contributed by atoms with Crippen LogP contribution in [0.2, 0.25) is 0 Å². The van der Waals surface area contributed by atoms with E-state index in [9.17, 15) is 0 Å². The lowest BCUT2D eigenvalue weighted by Crippen LogP contribution is -2.03. The number of hydrogen-bond donors (Lipinski definition) is 2. The molecule has 0 unspecified atom stereocenters. The Hall–Kier alpha value is -3.48. The number of methoxy groups -OCH3 is 3. The molecule has 0 bridgehead atoms. The van der Waals surface area contributed by atoms with Crippen LogP contribution in [0.4, 0.5) is 17.3 Å². The number of ether oxygens (including phenoxy) is 3. The van der Waals surface area contributed by atoms with Crippen molar-refractivity contribution in [1.29, 1.82) is 0 Å². The molecule has 0 fully saturated rings. The number of nitrogens with one attached hydrogen (secondary N) is 2. The molecule has 140 valence electrons. The molecule has 0 radical (unpaired) electrons. The third-order valence-electron chi connectivity index (χ3n) is 3.93. The highest BCUT2D eigenvalue weighted by molar-refractivity contribution is 5.60. The van der Waals surface area contributed by atoms with Crippen molar-refractivity contribution in [2.45, 2.75) is 6.54 Å². The summed E-state index contributed by atoms with van der Waals surface area (Å²) in [6, 6.07) is 15.3. The molecular weight excluding hydrogens is 344 g/mol. The highest BCUT2D eigenvalue weighted by Gasteiger charge is 2.05. The summed E-state index contributed by atoms with van der Waals surface area (Å²) in [7, 11) is 4.88. The van der Waals surface area contributed by atoms with Gasteiger partial charge in [-0.15, -0.1) is 0 Å². The van der Waals surface area contributed by atoms with Gasteiger partial charge in [0.05, 0.1) is 21.3 Å². The normalized spacial score (nSPS) is 10.2. The summed E-state index contributed by atoms with van der Waals surface area (Å²) in [4.78, 5) is 8.52. The molecule has 7 heteroatoms. The Morgan fingerprint density at radius 3 is 2.41 bits per heavy atom. The third kappa shape index (κ3) is 4.78. The smallest absolute Gasteiger partial charge is 0.161 e. The summed E-state index contributed by atoms with van der Waals surface area (Å²) in [5, 5.41) is 6.53. The van der Waals surface area contributed by atoms with Gasteiger partial charge in [0.25, 0.3) is 0 Å². The van der Waals surface area contributed by atoms with E-state index in [1.165, 1.54) is 6.33 Å². The summed E-state index contributed by atoms with van der Waals surface area (Å²) in [5.41, 5.74) is 1.94. The fourth-order valence-electron chi connectivity index (χ4n) is 2.55. The molecule has 0 amide bonds. The zero-order valence-corrected chi connectivity index (χ0v) is 15.5. The predicted octanol–water partition coefficient (Wildman–Crippen LogP) is 3.86. The summed E-state index contributed by atoms with van der Waals surface area (Å²) in [5.74, 6) is 3.58. The van der Waals surface area contributed by atoms with Crippen LogP contribution in [0.5, 0.6) is 17.2 Å². The Balaban J connectivity index is 1.67. The maximum Gasteiger partial charge on any atom is 0.161 e. The average molecular weight is 366 g/mol. The summed E-state index contributed by atoms with van der Waals surface area (Å²) in [6.45, 7) is 0.593. The van der Waals surface area contributed by atoms with Gasteiger partial charge in [-0.25, -0.2) is 9.97 Å². The summed E-state index contributed by atoms with van der Waals surface area (Å²) < 4.78 is 15.8. The molecule has 2 aromatic carbocycles. The number of hydrogen-bond acceptors (Lipinski definition) is 7. The van der Waals surface area contributed by atoms with E-state index >= 15 is 0 Å². The Bertz CT molecular complexity index is 902. The van der Waals surface area contributed by atoms with Gasteiger partial charge in [-0.3, -0.25) is 0 Å². The van der Waals surface area contributed by atoms with Crippen LogP contribution in [0, 0.1) is 0 Å². The standard InChI is InChI=1S/C20H22N4O3/c1-25-16-6-4-5-15(10-16)24-20-11-19(22-13-23-20)21-12-14-7-8-17(26-2)18(9-14)27-3/h4-11,13H,12H2,1-3H3,(H2,21,22,23,24). The second kappa shape index (κ2) is 8.75. The molecule has 3 rings (SSSR count). The van der Waals surface area contributed by atoms with E-state index in [-0.39, 0.29) is 0 Å². The van der Waals surface area contributed by atoms with Crippen LogP contribution in [0.25, 0.3) is 0 Å². The van der Waals surface area contributed by atoms with Crippen LogP contribution in [-0.2, 0) is 6.54 Å². The molecule has 0 saturated carbocycles. The topological polar surface area (TPSA) is 77.5 Å². The summed E-state index contributed by atoms with van der Waals surface area (Å²) >= 11 is 0.